The zero-order valence-electron chi connectivity index (χ0n) is 13.3. The molecular weight excluding hydrogens is 372 g/mol. The van der Waals surface area contributed by atoms with Crippen LogP contribution >= 0.6 is 22.9 Å². The number of rotatable bonds is 6. The maximum Gasteiger partial charge on any atom is 0.262 e. The van der Waals surface area contributed by atoms with Gasteiger partial charge in [0.05, 0.1) is 10.6 Å². The molecule has 3 N–H and O–H groups in total. The van der Waals surface area contributed by atoms with Crippen LogP contribution in [0, 0.1) is 6.92 Å². The first-order valence-corrected chi connectivity index (χ1v) is 9.63. The van der Waals surface area contributed by atoms with Crippen LogP contribution < -0.4 is 10.5 Å². The number of amides is 1. The predicted octanol–water partition coefficient (Wildman–Crippen LogP) is 2.86. The van der Waals surface area contributed by atoms with Crippen LogP contribution in [-0.4, -0.2) is 21.4 Å². The fourth-order valence-corrected chi connectivity index (χ4v) is 4.69. The van der Waals surface area contributed by atoms with Gasteiger partial charge in [-0.2, -0.15) is 0 Å². The Bertz CT molecular complexity index is 879. The number of carbonyl (C=O) groups is 1. The average molecular weight is 389 g/mol. The minimum atomic E-state index is -3.89. The van der Waals surface area contributed by atoms with E-state index in [0.717, 1.165) is 0 Å². The lowest BCUT2D eigenvalue weighted by molar-refractivity contribution is -0.138. The zero-order chi connectivity index (χ0) is 18.1. The Hall–Kier alpha value is -1.61. The molecule has 24 heavy (non-hydrogen) atoms. The highest BCUT2D eigenvalue weighted by Crippen LogP contribution is 2.35. The monoisotopic (exact) mass is 388 g/mol. The van der Waals surface area contributed by atoms with Gasteiger partial charge in [-0.25, -0.2) is 8.42 Å². The second-order valence-corrected chi connectivity index (χ2v) is 8.07. The van der Waals surface area contributed by atoms with Crippen molar-refractivity contribution < 1.29 is 17.9 Å². The third kappa shape index (κ3) is 3.27. The number of halogens is 1. The van der Waals surface area contributed by atoms with Gasteiger partial charge in [0.25, 0.3) is 15.9 Å². The molecule has 0 aliphatic rings. The number of primary amides is 1. The van der Waals surface area contributed by atoms with Crippen molar-refractivity contribution in [2.45, 2.75) is 24.3 Å². The van der Waals surface area contributed by atoms with Crippen LogP contribution in [0.5, 0.6) is 0 Å². The molecule has 1 aromatic carbocycles. The van der Waals surface area contributed by atoms with Gasteiger partial charge in [-0.1, -0.05) is 17.7 Å². The van der Waals surface area contributed by atoms with Crippen LogP contribution in [0.3, 0.4) is 0 Å². The summed E-state index contributed by atoms with van der Waals surface area (Å²) in [5.41, 5.74) is 4.99. The molecule has 0 fully saturated rings. The van der Waals surface area contributed by atoms with Crippen LogP contribution in [0.4, 0.5) is 5.69 Å². The van der Waals surface area contributed by atoms with Crippen molar-refractivity contribution >= 4 is 44.6 Å². The molecule has 1 heterocycles. The van der Waals surface area contributed by atoms with E-state index in [2.05, 4.69) is 4.72 Å². The number of benzene rings is 1. The number of anilines is 1. The van der Waals surface area contributed by atoms with E-state index in [9.17, 15) is 13.2 Å². The van der Waals surface area contributed by atoms with E-state index in [1.165, 1.54) is 31.4 Å². The van der Waals surface area contributed by atoms with Gasteiger partial charge >= 0.3 is 0 Å². The Morgan fingerprint density at radius 2 is 2.04 bits per heavy atom. The molecule has 0 bridgehead atoms. The van der Waals surface area contributed by atoms with Crippen LogP contribution in [0.15, 0.2) is 33.9 Å². The molecule has 1 unspecified atom stereocenters. The second kappa shape index (κ2) is 6.72. The van der Waals surface area contributed by atoms with Crippen molar-refractivity contribution in [3.63, 3.8) is 0 Å². The van der Waals surface area contributed by atoms with E-state index in [0.29, 0.717) is 16.1 Å². The standard InChI is InChI=1S/C15H17ClN2O4S2/c1-9-11(16)5-4-6-13(9)24(20,21)18-12-8-23-7-10(12)15(2,22-3)14(17)19/h4-8,18H,1-3H3,(H2,17,19). The molecule has 2 rings (SSSR count). The van der Waals surface area contributed by atoms with Crippen LogP contribution in [-0.2, 0) is 25.2 Å². The van der Waals surface area contributed by atoms with Gasteiger partial charge in [0.1, 0.15) is 0 Å². The minimum Gasteiger partial charge on any atom is -0.367 e. The van der Waals surface area contributed by atoms with Gasteiger partial charge in [0.15, 0.2) is 5.60 Å². The molecule has 2 aromatic rings. The van der Waals surface area contributed by atoms with Gasteiger partial charge < -0.3 is 10.5 Å². The molecule has 0 aliphatic heterocycles. The quantitative estimate of drug-likeness (QED) is 0.794. The molecule has 0 spiro atoms. The van der Waals surface area contributed by atoms with E-state index in [1.54, 1.807) is 29.8 Å². The molecule has 1 atom stereocenters. The summed E-state index contributed by atoms with van der Waals surface area (Å²) in [5.74, 6) is -0.720. The van der Waals surface area contributed by atoms with E-state index < -0.39 is 21.5 Å². The minimum absolute atomic E-state index is 0.0605. The summed E-state index contributed by atoms with van der Waals surface area (Å²) in [4.78, 5) is 11.8. The lowest BCUT2D eigenvalue weighted by Crippen LogP contribution is -2.40. The third-order valence-corrected chi connectivity index (χ3v) is 6.47. The van der Waals surface area contributed by atoms with Crippen molar-refractivity contribution in [2.75, 3.05) is 11.8 Å². The Balaban J connectivity index is 2.48. The number of sulfonamides is 1. The number of hydrogen-bond donors (Lipinski definition) is 2. The molecule has 0 saturated heterocycles. The SMILES string of the molecule is COC(C)(C(N)=O)c1cscc1NS(=O)(=O)c1cccc(Cl)c1C. The zero-order valence-corrected chi connectivity index (χ0v) is 15.7. The van der Waals surface area contributed by atoms with Crippen LogP contribution in [0.2, 0.25) is 5.02 Å². The van der Waals surface area contributed by atoms with E-state index in [1.807, 2.05) is 0 Å². The number of carbonyl (C=O) groups excluding carboxylic acids is 1. The number of hydrogen-bond acceptors (Lipinski definition) is 5. The van der Waals surface area contributed by atoms with Crippen molar-refractivity contribution in [2.24, 2.45) is 5.73 Å². The van der Waals surface area contributed by atoms with Gasteiger partial charge in [0, 0.05) is 23.1 Å². The van der Waals surface area contributed by atoms with Gasteiger partial charge in [0.2, 0.25) is 0 Å². The molecule has 0 aliphatic carbocycles. The summed E-state index contributed by atoms with van der Waals surface area (Å²) in [6.07, 6.45) is 0. The maximum absolute atomic E-state index is 12.7. The summed E-state index contributed by atoms with van der Waals surface area (Å²) in [7, 11) is -2.55. The van der Waals surface area contributed by atoms with E-state index in [-0.39, 0.29) is 10.6 Å². The van der Waals surface area contributed by atoms with Crippen LogP contribution in [0.25, 0.3) is 0 Å². The fourth-order valence-electron chi connectivity index (χ4n) is 2.17. The lowest BCUT2D eigenvalue weighted by atomic mass is 9.97. The average Bonchev–Trinajstić information content (AvgIpc) is 2.96. The fraction of sp³-hybridized carbons (Fsp3) is 0.267. The Morgan fingerprint density at radius 1 is 1.38 bits per heavy atom. The maximum atomic E-state index is 12.7. The summed E-state index contributed by atoms with van der Waals surface area (Å²) in [5, 5.41) is 3.55. The molecule has 0 saturated carbocycles. The number of nitrogens with two attached hydrogens (primary N) is 1. The highest BCUT2D eigenvalue weighted by molar-refractivity contribution is 7.92. The lowest BCUT2D eigenvalue weighted by Gasteiger charge is -2.25. The first-order valence-electron chi connectivity index (χ1n) is 6.83. The molecule has 9 heteroatoms. The van der Waals surface area contributed by atoms with E-state index in [4.69, 9.17) is 22.1 Å². The topological polar surface area (TPSA) is 98.5 Å². The first kappa shape index (κ1) is 18.7. The molecule has 130 valence electrons. The number of nitrogens with one attached hydrogen (secondary N) is 1. The molecule has 1 aromatic heterocycles. The van der Waals surface area contributed by atoms with Gasteiger partial charge in [-0.05, 0) is 36.9 Å². The number of ether oxygens (including phenoxy) is 1. The van der Waals surface area contributed by atoms with Crippen LogP contribution in [0.1, 0.15) is 18.1 Å². The number of thiophene rings is 1. The normalized spacial score (nSPS) is 14.2. The van der Waals surface area contributed by atoms with Gasteiger partial charge in [-0.3, -0.25) is 9.52 Å². The Morgan fingerprint density at radius 3 is 2.62 bits per heavy atom. The summed E-state index contributed by atoms with van der Waals surface area (Å²) >= 11 is 7.23. The third-order valence-electron chi connectivity index (χ3n) is 3.81. The predicted molar refractivity (Wildman–Crippen MR) is 94.9 cm³/mol. The van der Waals surface area contributed by atoms with E-state index >= 15 is 0 Å². The number of methoxy groups -OCH3 is 1. The summed E-state index contributed by atoms with van der Waals surface area (Å²) in [6.45, 7) is 3.11. The van der Waals surface area contributed by atoms with Crippen molar-refractivity contribution in [1.29, 1.82) is 0 Å². The first-order chi connectivity index (χ1) is 11.1. The van der Waals surface area contributed by atoms with Gasteiger partial charge in [-0.15, -0.1) is 11.3 Å². The molecule has 0 radical (unpaired) electrons. The molecule has 1 amide bonds. The summed E-state index contributed by atoms with van der Waals surface area (Å²) in [6, 6.07) is 4.63. The largest absolute Gasteiger partial charge is 0.367 e. The molecular formula is C15H17ClN2O4S2. The Kier molecular flexibility index (Phi) is 5.24. The van der Waals surface area contributed by atoms with Crippen molar-refractivity contribution in [3.05, 3.63) is 45.1 Å². The summed E-state index contributed by atoms with van der Waals surface area (Å²) < 4.78 is 33.1. The van der Waals surface area contributed by atoms with Crippen molar-refractivity contribution in [1.82, 2.24) is 0 Å². The molecule has 6 nitrogen and oxygen atoms in total. The highest BCUT2D eigenvalue weighted by atomic mass is 35.5. The second-order valence-electron chi connectivity index (χ2n) is 5.27. The Labute approximate surface area is 149 Å². The smallest absolute Gasteiger partial charge is 0.262 e. The highest BCUT2D eigenvalue weighted by Gasteiger charge is 2.37. The van der Waals surface area contributed by atoms with Crippen molar-refractivity contribution in [3.8, 4) is 0 Å².